The molecule has 4 aromatic rings. The molecule has 2 aromatic carbocycles. The lowest BCUT2D eigenvalue weighted by molar-refractivity contribution is -0.123. The van der Waals surface area contributed by atoms with Crippen LogP contribution in [0.3, 0.4) is 0 Å². The zero-order valence-electron chi connectivity index (χ0n) is 17.2. The number of rotatable bonds is 9. The number of amides is 1. The van der Waals surface area contributed by atoms with Crippen molar-refractivity contribution in [1.82, 2.24) is 25.1 Å². The SMILES string of the molecule is COc1cccc(-c2nnc3ccc(OCCNC(=O)COc4ccc(F)cc4)nn23)c1. The Morgan fingerprint density at radius 2 is 1.88 bits per heavy atom. The second-order valence-corrected chi connectivity index (χ2v) is 6.64. The lowest BCUT2D eigenvalue weighted by Crippen LogP contribution is -2.32. The van der Waals surface area contributed by atoms with E-state index in [1.165, 1.54) is 24.3 Å². The van der Waals surface area contributed by atoms with Gasteiger partial charge in [0.05, 0.1) is 13.7 Å². The molecule has 0 saturated carbocycles. The maximum atomic E-state index is 12.9. The third-order valence-electron chi connectivity index (χ3n) is 4.42. The molecule has 0 saturated heterocycles. The summed E-state index contributed by atoms with van der Waals surface area (Å²) in [6.45, 7) is 0.286. The number of carbonyl (C=O) groups excluding carboxylic acids is 1. The number of benzene rings is 2. The van der Waals surface area contributed by atoms with Crippen LogP contribution in [0.4, 0.5) is 4.39 Å². The number of hydrogen-bond acceptors (Lipinski definition) is 7. The van der Waals surface area contributed by atoms with Crippen molar-refractivity contribution in [2.45, 2.75) is 0 Å². The topological polar surface area (TPSA) is 99.9 Å². The van der Waals surface area contributed by atoms with Crippen molar-refractivity contribution in [3.05, 3.63) is 66.5 Å². The van der Waals surface area contributed by atoms with Gasteiger partial charge in [-0.05, 0) is 42.5 Å². The van der Waals surface area contributed by atoms with Gasteiger partial charge in [-0.3, -0.25) is 4.79 Å². The lowest BCUT2D eigenvalue weighted by atomic mass is 10.2. The summed E-state index contributed by atoms with van der Waals surface area (Å²) in [4.78, 5) is 11.9. The van der Waals surface area contributed by atoms with Crippen molar-refractivity contribution < 1.29 is 23.4 Å². The Balaban J connectivity index is 1.30. The number of methoxy groups -OCH3 is 1. The highest BCUT2D eigenvalue weighted by molar-refractivity contribution is 5.77. The first kappa shape index (κ1) is 21.0. The summed E-state index contributed by atoms with van der Waals surface area (Å²) in [6.07, 6.45) is 0. The first-order valence-corrected chi connectivity index (χ1v) is 9.77. The number of nitrogens with one attached hydrogen (secondary N) is 1. The molecule has 164 valence electrons. The van der Waals surface area contributed by atoms with E-state index in [1.54, 1.807) is 23.8 Å². The van der Waals surface area contributed by atoms with Gasteiger partial charge < -0.3 is 19.5 Å². The maximum absolute atomic E-state index is 12.9. The minimum Gasteiger partial charge on any atom is -0.497 e. The summed E-state index contributed by atoms with van der Waals surface area (Å²) in [5.74, 6) is 1.34. The Morgan fingerprint density at radius 3 is 2.69 bits per heavy atom. The van der Waals surface area contributed by atoms with Crippen LogP contribution in [0.5, 0.6) is 17.4 Å². The molecular formula is C22H20FN5O4. The second-order valence-electron chi connectivity index (χ2n) is 6.64. The molecule has 2 aromatic heterocycles. The third-order valence-corrected chi connectivity index (χ3v) is 4.42. The number of carbonyl (C=O) groups is 1. The zero-order chi connectivity index (χ0) is 22.3. The molecule has 4 rings (SSSR count). The molecule has 9 nitrogen and oxygen atoms in total. The standard InChI is InChI=1S/C22H20FN5O4/c1-30-18-4-2-3-15(13-18)22-26-25-19-9-10-21(27-28(19)22)31-12-11-24-20(29)14-32-17-7-5-16(23)6-8-17/h2-10,13H,11-12,14H2,1H3,(H,24,29). The molecule has 0 atom stereocenters. The highest BCUT2D eigenvalue weighted by atomic mass is 19.1. The van der Waals surface area contributed by atoms with Crippen LogP contribution in [0.15, 0.2) is 60.7 Å². The molecule has 0 aliphatic rings. The predicted octanol–water partition coefficient (Wildman–Crippen LogP) is 2.51. The molecular weight excluding hydrogens is 417 g/mol. The van der Waals surface area contributed by atoms with Gasteiger partial charge in [-0.1, -0.05) is 12.1 Å². The monoisotopic (exact) mass is 437 g/mol. The quantitative estimate of drug-likeness (QED) is 0.402. The normalized spacial score (nSPS) is 10.7. The van der Waals surface area contributed by atoms with E-state index in [-0.39, 0.29) is 31.5 Å². The number of aromatic nitrogens is 4. The Morgan fingerprint density at radius 1 is 1.03 bits per heavy atom. The fraction of sp³-hybridized carbons (Fsp3) is 0.182. The highest BCUT2D eigenvalue weighted by Gasteiger charge is 2.11. The van der Waals surface area contributed by atoms with Gasteiger partial charge in [0.25, 0.3) is 5.91 Å². The van der Waals surface area contributed by atoms with Crippen molar-refractivity contribution in [3.63, 3.8) is 0 Å². The summed E-state index contributed by atoms with van der Waals surface area (Å²) >= 11 is 0. The van der Waals surface area contributed by atoms with Gasteiger partial charge in [0.1, 0.15) is 23.9 Å². The maximum Gasteiger partial charge on any atom is 0.258 e. The summed E-state index contributed by atoms with van der Waals surface area (Å²) < 4.78 is 30.6. The molecule has 1 amide bonds. The Kier molecular flexibility index (Phi) is 6.40. The number of nitrogens with zero attached hydrogens (tertiary/aromatic N) is 4. The van der Waals surface area contributed by atoms with E-state index in [1.807, 2.05) is 24.3 Å². The molecule has 0 radical (unpaired) electrons. The number of hydrogen-bond donors (Lipinski definition) is 1. The van der Waals surface area contributed by atoms with Crippen LogP contribution in [0.2, 0.25) is 0 Å². The average Bonchev–Trinajstić information content (AvgIpc) is 3.25. The van der Waals surface area contributed by atoms with Crippen molar-refractivity contribution in [1.29, 1.82) is 0 Å². The zero-order valence-corrected chi connectivity index (χ0v) is 17.2. The highest BCUT2D eigenvalue weighted by Crippen LogP contribution is 2.23. The summed E-state index contributed by atoms with van der Waals surface area (Å²) in [5.41, 5.74) is 1.37. The van der Waals surface area contributed by atoms with E-state index in [9.17, 15) is 9.18 Å². The molecule has 2 heterocycles. The van der Waals surface area contributed by atoms with Gasteiger partial charge in [-0.25, -0.2) is 4.39 Å². The van der Waals surface area contributed by atoms with Gasteiger partial charge in [0.2, 0.25) is 5.88 Å². The van der Waals surface area contributed by atoms with Gasteiger partial charge in [-0.15, -0.1) is 15.3 Å². The second kappa shape index (κ2) is 9.73. The fourth-order valence-electron chi connectivity index (χ4n) is 2.87. The van der Waals surface area contributed by atoms with E-state index < -0.39 is 0 Å². The molecule has 10 heteroatoms. The predicted molar refractivity (Wildman–Crippen MR) is 113 cm³/mol. The number of ether oxygens (including phenoxy) is 3. The Labute approximate surface area is 182 Å². The fourth-order valence-corrected chi connectivity index (χ4v) is 2.87. The van der Waals surface area contributed by atoms with Gasteiger partial charge >= 0.3 is 0 Å². The minimum absolute atomic E-state index is 0.180. The van der Waals surface area contributed by atoms with Gasteiger partial charge in [0.15, 0.2) is 18.1 Å². The summed E-state index contributed by atoms with van der Waals surface area (Å²) in [5, 5.41) is 15.4. The summed E-state index contributed by atoms with van der Waals surface area (Å²) in [7, 11) is 1.60. The molecule has 0 spiro atoms. The van der Waals surface area contributed by atoms with E-state index in [2.05, 4.69) is 20.6 Å². The van der Waals surface area contributed by atoms with Crippen molar-refractivity contribution >= 4 is 11.6 Å². The largest absolute Gasteiger partial charge is 0.497 e. The minimum atomic E-state index is -0.368. The lowest BCUT2D eigenvalue weighted by Gasteiger charge is -2.09. The van der Waals surface area contributed by atoms with Crippen molar-refractivity contribution in [2.24, 2.45) is 0 Å². The summed E-state index contributed by atoms with van der Waals surface area (Å²) in [6, 6.07) is 16.3. The molecule has 0 aliphatic carbocycles. The molecule has 0 bridgehead atoms. The van der Waals surface area contributed by atoms with Crippen LogP contribution >= 0.6 is 0 Å². The first-order chi connectivity index (χ1) is 15.6. The molecule has 0 fully saturated rings. The Hall–Kier alpha value is -4.21. The van der Waals surface area contributed by atoms with E-state index in [0.29, 0.717) is 28.9 Å². The average molecular weight is 437 g/mol. The van der Waals surface area contributed by atoms with Gasteiger partial charge in [-0.2, -0.15) is 4.52 Å². The van der Waals surface area contributed by atoms with Crippen LogP contribution in [-0.4, -0.2) is 52.6 Å². The number of fused-ring (bicyclic) bond motifs is 1. The van der Waals surface area contributed by atoms with E-state index >= 15 is 0 Å². The molecule has 1 N–H and O–H groups in total. The Bertz CT molecular complexity index is 1210. The molecule has 0 aliphatic heterocycles. The van der Waals surface area contributed by atoms with Crippen LogP contribution in [0, 0.1) is 5.82 Å². The third kappa shape index (κ3) is 5.09. The molecule has 32 heavy (non-hydrogen) atoms. The number of halogens is 1. The molecule has 0 unspecified atom stereocenters. The van der Waals surface area contributed by atoms with E-state index in [4.69, 9.17) is 14.2 Å². The van der Waals surface area contributed by atoms with Crippen molar-refractivity contribution in [3.8, 4) is 28.8 Å². The van der Waals surface area contributed by atoms with Crippen molar-refractivity contribution in [2.75, 3.05) is 26.9 Å². The van der Waals surface area contributed by atoms with Gasteiger partial charge in [0, 0.05) is 11.6 Å². The van der Waals surface area contributed by atoms with Crippen LogP contribution in [0.1, 0.15) is 0 Å². The van der Waals surface area contributed by atoms with Crippen LogP contribution in [0.25, 0.3) is 17.0 Å². The van der Waals surface area contributed by atoms with Crippen LogP contribution < -0.4 is 19.5 Å². The first-order valence-electron chi connectivity index (χ1n) is 9.77. The van der Waals surface area contributed by atoms with Crippen LogP contribution in [-0.2, 0) is 4.79 Å². The smallest absolute Gasteiger partial charge is 0.258 e. The van der Waals surface area contributed by atoms with E-state index in [0.717, 1.165) is 5.56 Å².